The van der Waals surface area contributed by atoms with Crippen LogP contribution in [0.1, 0.15) is 30.4 Å². The number of rotatable bonds is 11. The predicted octanol–water partition coefficient (Wildman–Crippen LogP) is 5.26. The maximum absolute atomic E-state index is 8.77. The number of aliphatic hydroxyl groups is 1. The Bertz CT molecular complexity index is 698. The Hall–Kier alpha value is -1.17. The summed E-state index contributed by atoms with van der Waals surface area (Å²) in [6.07, 6.45) is 2.95. The first kappa shape index (κ1) is 23.9. The molecule has 0 aliphatic heterocycles. The SMILES string of the molecule is COc1cc(CNCCCCCO)ccc1OCc1ccc(Cl)cc1Cl.Cl. The van der Waals surface area contributed by atoms with Gasteiger partial charge in [-0.05, 0) is 55.6 Å². The number of benzene rings is 2. The molecule has 7 heteroatoms. The van der Waals surface area contributed by atoms with Gasteiger partial charge in [0.2, 0.25) is 0 Å². The van der Waals surface area contributed by atoms with Crippen molar-refractivity contribution in [3.05, 3.63) is 57.6 Å². The number of hydrogen-bond acceptors (Lipinski definition) is 4. The maximum Gasteiger partial charge on any atom is 0.161 e. The van der Waals surface area contributed by atoms with E-state index in [2.05, 4.69) is 5.32 Å². The first-order valence-electron chi connectivity index (χ1n) is 8.69. The molecule has 0 radical (unpaired) electrons. The van der Waals surface area contributed by atoms with Crippen LogP contribution in [0, 0.1) is 0 Å². The summed E-state index contributed by atoms with van der Waals surface area (Å²) in [7, 11) is 1.63. The van der Waals surface area contributed by atoms with Crippen LogP contribution in [-0.4, -0.2) is 25.4 Å². The van der Waals surface area contributed by atoms with Crippen molar-refractivity contribution in [2.45, 2.75) is 32.4 Å². The average Bonchev–Trinajstić information content (AvgIpc) is 2.64. The van der Waals surface area contributed by atoms with Gasteiger partial charge in [-0.25, -0.2) is 0 Å². The lowest BCUT2D eigenvalue weighted by molar-refractivity contribution is 0.282. The minimum atomic E-state index is 0. The largest absolute Gasteiger partial charge is 0.493 e. The molecule has 150 valence electrons. The molecule has 0 fully saturated rings. The molecule has 0 amide bonds. The lowest BCUT2D eigenvalue weighted by Crippen LogP contribution is -2.14. The first-order chi connectivity index (χ1) is 12.6. The third kappa shape index (κ3) is 8.16. The Kier molecular flexibility index (Phi) is 11.6. The summed E-state index contributed by atoms with van der Waals surface area (Å²) >= 11 is 12.1. The van der Waals surface area contributed by atoms with Crippen LogP contribution in [0.2, 0.25) is 10.0 Å². The molecule has 2 N–H and O–H groups in total. The summed E-state index contributed by atoms with van der Waals surface area (Å²) in [4.78, 5) is 0. The number of methoxy groups -OCH3 is 1. The van der Waals surface area contributed by atoms with E-state index in [0.717, 1.165) is 43.5 Å². The van der Waals surface area contributed by atoms with Crippen LogP contribution in [0.3, 0.4) is 0 Å². The van der Waals surface area contributed by atoms with Crippen molar-refractivity contribution in [1.29, 1.82) is 0 Å². The number of nitrogens with one attached hydrogen (secondary N) is 1. The number of halogens is 3. The fraction of sp³-hybridized carbons (Fsp3) is 0.400. The smallest absolute Gasteiger partial charge is 0.161 e. The molecule has 0 saturated heterocycles. The van der Waals surface area contributed by atoms with Crippen LogP contribution in [0.25, 0.3) is 0 Å². The number of aliphatic hydroxyl groups excluding tert-OH is 1. The molecule has 0 spiro atoms. The van der Waals surface area contributed by atoms with Gasteiger partial charge in [-0.1, -0.05) is 35.3 Å². The fourth-order valence-corrected chi connectivity index (χ4v) is 2.97. The Morgan fingerprint density at radius 2 is 1.81 bits per heavy atom. The molecule has 0 atom stereocenters. The van der Waals surface area contributed by atoms with E-state index in [1.54, 1.807) is 19.2 Å². The van der Waals surface area contributed by atoms with Crippen molar-refractivity contribution in [2.24, 2.45) is 0 Å². The molecule has 2 aromatic rings. The van der Waals surface area contributed by atoms with Gasteiger partial charge in [0, 0.05) is 28.8 Å². The molecule has 4 nitrogen and oxygen atoms in total. The molecule has 27 heavy (non-hydrogen) atoms. The minimum absolute atomic E-state index is 0. The van der Waals surface area contributed by atoms with Gasteiger partial charge in [0.1, 0.15) is 6.61 Å². The number of ether oxygens (including phenoxy) is 2. The molecule has 0 aromatic heterocycles. The van der Waals surface area contributed by atoms with Crippen LogP contribution in [0.15, 0.2) is 36.4 Å². The molecular formula is C20H26Cl3NO3. The van der Waals surface area contributed by atoms with Crippen molar-refractivity contribution >= 4 is 35.6 Å². The zero-order chi connectivity index (χ0) is 18.8. The van der Waals surface area contributed by atoms with E-state index in [1.807, 2.05) is 24.3 Å². The van der Waals surface area contributed by atoms with Gasteiger partial charge in [-0.3, -0.25) is 0 Å². The van der Waals surface area contributed by atoms with E-state index in [0.29, 0.717) is 28.2 Å². The fourth-order valence-electron chi connectivity index (χ4n) is 2.51. The molecule has 0 saturated carbocycles. The van der Waals surface area contributed by atoms with E-state index in [9.17, 15) is 0 Å². The molecule has 0 heterocycles. The van der Waals surface area contributed by atoms with Crippen LogP contribution < -0.4 is 14.8 Å². The van der Waals surface area contributed by atoms with Crippen molar-refractivity contribution in [3.8, 4) is 11.5 Å². The van der Waals surface area contributed by atoms with Crippen LogP contribution in [0.5, 0.6) is 11.5 Å². The highest BCUT2D eigenvalue weighted by molar-refractivity contribution is 6.35. The Labute approximate surface area is 177 Å². The molecule has 0 aliphatic rings. The van der Waals surface area contributed by atoms with Crippen LogP contribution >= 0.6 is 35.6 Å². The monoisotopic (exact) mass is 433 g/mol. The van der Waals surface area contributed by atoms with Gasteiger partial charge >= 0.3 is 0 Å². The van der Waals surface area contributed by atoms with Crippen LogP contribution in [0.4, 0.5) is 0 Å². The van der Waals surface area contributed by atoms with Gasteiger partial charge in [-0.2, -0.15) is 0 Å². The summed E-state index contributed by atoms with van der Waals surface area (Å²) < 4.78 is 11.3. The van der Waals surface area contributed by atoms with Crippen molar-refractivity contribution in [1.82, 2.24) is 5.32 Å². The Morgan fingerprint density at radius 1 is 1.00 bits per heavy atom. The number of hydrogen-bond donors (Lipinski definition) is 2. The van der Waals surface area contributed by atoms with Crippen molar-refractivity contribution in [3.63, 3.8) is 0 Å². The van der Waals surface area contributed by atoms with Gasteiger partial charge in [0.15, 0.2) is 11.5 Å². The van der Waals surface area contributed by atoms with Gasteiger partial charge in [-0.15, -0.1) is 12.4 Å². The highest BCUT2D eigenvalue weighted by Gasteiger charge is 2.08. The molecule has 0 unspecified atom stereocenters. The molecule has 2 aromatic carbocycles. The molecule has 0 aliphatic carbocycles. The van der Waals surface area contributed by atoms with Crippen LogP contribution in [-0.2, 0) is 13.2 Å². The zero-order valence-electron chi connectivity index (χ0n) is 15.3. The summed E-state index contributed by atoms with van der Waals surface area (Å²) in [6.45, 7) is 2.29. The summed E-state index contributed by atoms with van der Waals surface area (Å²) in [5.41, 5.74) is 1.99. The summed E-state index contributed by atoms with van der Waals surface area (Å²) in [5.74, 6) is 1.36. The third-order valence-electron chi connectivity index (χ3n) is 3.97. The van der Waals surface area contributed by atoms with Gasteiger partial charge < -0.3 is 19.9 Å². The second kappa shape index (κ2) is 13.1. The number of unbranched alkanes of at least 4 members (excludes halogenated alkanes) is 2. The average molecular weight is 435 g/mol. The normalized spacial score (nSPS) is 10.4. The second-order valence-corrected chi connectivity index (χ2v) is 6.81. The second-order valence-electron chi connectivity index (χ2n) is 5.97. The Balaban J connectivity index is 0.00000364. The van der Waals surface area contributed by atoms with E-state index in [4.69, 9.17) is 37.8 Å². The Morgan fingerprint density at radius 3 is 2.52 bits per heavy atom. The topological polar surface area (TPSA) is 50.7 Å². The highest BCUT2D eigenvalue weighted by atomic mass is 35.5. The quantitative estimate of drug-likeness (QED) is 0.474. The lowest BCUT2D eigenvalue weighted by Gasteiger charge is -2.13. The van der Waals surface area contributed by atoms with Gasteiger partial charge in [0.25, 0.3) is 0 Å². The highest BCUT2D eigenvalue weighted by Crippen LogP contribution is 2.30. The van der Waals surface area contributed by atoms with Crippen molar-refractivity contribution in [2.75, 3.05) is 20.3 Å². The minimum Gasteiger partial charge on any atom is -0.493 e. The van der Waals surface area contributed by atoms with E-state index in [-0.39, 0.29) is 19.0 Å². The van der Waals surface area contributed by atoms with E-state index >= 15 is 0 Å². The maximum atomic E-state index is 8.77. The van der Waals surface area contributed by atoms with E-state index in [1.165, 1.54) is 0 Å². The predicted molar refractivity (Wildman–Crippen MR) is 114 cm³/mol. The standard InChI is InChI=1S/C20H25Cl2NO3.ClH/c1-25-20-11-15(13-23-9-3-2-4-10-24)5-8-19(20)26-14-16-6-7-17(21)12-18(16)22;/h5-8,11-12,23-24H,2-4,9-10,13-14H2,1H3;1H. The van der Waals surface area contributed by atoms with Gasteiger partial charge in [0.05, 0.1) is 7.11 Å². The summed E-state index contributed by atoms with van der Waals surface area (Å²) in [5, 5.41) is 13.3. The van der Waals surface area contributed by atoms with E-state index < -0.39 is 0 Å². The first-order valence-corrected chi connectivity index (χ1v) is 9.45. The third-order valence-corrected chi connectivity index (χ3v) is 4.55. The van der Waals surface area contributed by atoms with Crippen molar-refractivity contribution < 1.29 is 14.6 Å². The zero-order valence-corrected chi connectivity index (χ0v) is 17.7. The molecular weight excluding hydrogens is 409 g/mol. The summed E-state index contributed by atoms with van der Waals surface area (Å²) in [6, 6.07) is 11.2. The molecule has 0 bridgehead atoms. The molecule has 2 rings (SSSR count). The lowest BCUT2D eigenvalue weighted by atomic mass is 10.2.